The molecule has 0 saturated carbocycles. The summed E-state index contributed by atoms with van der Waals surface area (Å²) in [6, 6.07) is 22.7. The van der Waals surface area contributed by atoms with Gasteiger partial charge in [-0.25, -0.2) is 0 Å². The Morgan fingerprint density at radius 3 is 2.12 bits per heavy atom. The summed E-state index contributed by atoms with van der Waals surface area (Å²) in [7, 11) is 0. The second-order valence-corrected chi connectivity index (χ2v) is 8.56. The fourth-order valence-corrected chi connectivity index (χ4v) is 4.18. The van der Waals surface area contributed by atoms with Gasteiger partial charge in [0.05, 0.1) is 12.1 Å². The first-order valence-electron chi connectivity index (χ1n) is 9.92. The third-order valence-electron chi connectivity index (χ3n) is 5.11. The summed E-state index contributed by atoms with van der Waals surface area (Å²) in [5.74, 6) is -0.538. The molecule has 1 aliphatic heterocycles. The van der Waals surface area contributed by atoms with Crippen LogP contribution in [0.15, 0.2) is 78.9 Å². The van der Waals surface area contributed by atoms with Crippen LogP contribution in [0.5, 0.6) is 0 Å². The van der Waals surface area contributed by atoms with Gasteiger partial charge in [0.25, 0.3) is 5.91 Å². The minimum absolute atomic E-state index is 0.0431. The molecule has 1 fully saturated rings. The predicted octanol–water partition coefficient (Wildman–Crippen LogP) is 5.52. The van der Waals surface area contributed by atoms with Crippen molar-refractivity contribution in [2.45, 2.75) is 19.0 Å². The number of carbonyl (C=O) groups excluding carboxylic acids is 2. The standard InChI is InChI=1S/C24H19Cl2N3O2S/c25-17-6-10-19(11-7-17)27-22(30)14-21-23(31)29(20-12-8-18(26)9-13-20)24(32)28(21)15-16-4-2-1-3-5-16/h1-13,21H,14-15H2,(H,27,30). The lowest BCUT2D eigenvalue weighted by Crippen LogP contribution is -2.37. The summed E-state index contributed by atoms with van der Waals surface area (Å²) >= 11 is 17.6. The van der Waals surface area contributed by atoms with Gasteiger partial charge in [0.15, 0.2) is 5.11 Å². The van der Waals surface area contributed by atoms with Gasteiger partial charge < -0.3 is 10.2 Å². The molecule has 1 aliphatic rings. The van der Waals surface area contributed by atoms with E-state index in [0.29, 0.717) is 33.1 Å². The van der Waals surface area contributed by atoms with Gasteiger partial charge in [-0.15, -0.1) is 0 Å². The highest BCUT2D eigenvalue weighted by molar-refractivity contribution is 7.80. The molecule has 3 aromatic carbocycles. The van der Waals surface area contributed by atoms with Gasteiger partial charge in [-0.3, -0.25) is 14.5 Å². The summed E-state index contributed by atoms with van der Waals surface area (Å²) in [4.78, 5) is 29.5. The molecule has 3 aromatic rings. The van der Waals surface area contributed by atoms with E-state index in [-0.39, 0.29) is 18.2 Å². The third kappa shape index (κ3) is 4.93. The highest BCUT2D eigenvalue weighted by atomic mass is 35.5. The van der Waals surface area contributed by atoms with Gasteiger partial charge >= 0.3 is 0 Å². The molecule has 1 unspecified atom stereocenters. The third-order valence-corrected chi connectivity index (χ3v) is 6.03. The van der Waals surface area contributed by atoms with Crippen LogP contribution in [0.2, 0.25) is 10.0 Å². The first-order valence-corrected chi connectivity index (χ1v) is 11.1. The predicted molar refractivity (Wildman–Crippen MR) is 132 cm³/mol. The lowest BCUT2D eigenvalue weighted by molar-refractivity contribution is -0.124. The number of nitrogens with zero attached hydrogens (tertiary/aromatic N) is 2. The Balaban J connectivity index is 1.59. The van der Waals surface area contributed by atoms with Gasteiger partial charge in [-0.1, -0.05) is 53.5 Å². The van der Waals surface area contributed by atoms with Crippen LogP contribution < -0.4 is 10.2 Å². The molecule has 162 valence electrons. The van der Waals surface area contributed by atoms with Gasteiger partial charge in [0.2, 0.25) is 5.91 Å². The number of benzene rings is 3. The number of hydrogen-bond donors (Lipinski definition) is 1. The van der Waals surface area contributed by atoms with Crippen LogP contribution in [0.25, 0.3) is 0 Å². The zero-order valence-electron chi connectivity index (χ0n) is 16.9. The first kappa shape index (κ1) is 22.3. The average molecular weight is 484 g/mol. The molecule has 5 nitrogen and oxygen atoms in total. The Bertz CT molecular complexity index is 1140. The maximum absolute atomic E-state index is 13.4. The summed E-state index contributed by atoms with van der Waals surface area (Å²) < 4.78 is 0. The van der Waals surface area contributed by atoms with E-state index in [2.05, 4.69) is 5.32 Å². The van der Waals surface area contributed by atoms with Crippen molar-refractivity contribution in [2.24, 2.45) is 0 Å². The quantitative estimate of drug-likeness (QED) is 0.468. The Kier molecular flexibility index (Phi) is 6.74. The number of anilines is 2. The molecule has 1 heterocycles. The Morgan fingerprint density at radius 1 is 0.906 bits per heavy atom. The number of thiocarbonyl (C=S) groups is 1. The number of amides is 2. The first-order chi connectivity index (χ1) is 15.4. The summed E-state index contributed by atoms with van der Waals surface area (Å²) in [6.45, 7) is 0.411. The Hall–Kier alpha value is -2.93. The van der Waals surface area contributed by atoms with Crippen molar-refractivity contribution in [2.75, 3.05) is 10.2 Å². The molecule has 0 radical (unpaired) electrons. The molecule has 8 heteroatoms. The van der Waals surface area contributed by atoms with Crippen LogP contribution in [-0.4, -0.2) is 27.9 Å². The molecule has 0 aliphatic carbocycles. The molecule has 32 heavy (non-hydrogen) atoms. The zero-order chi connectivity index (χ0) is 22.7. The van der Waals surface area contributed by atoms with Gasteiger partial charge in [-0.05, 0) is 66.3 Å². The van der Waals surface area contributed by atoms with Gasteiger partial charge in [0, 0.05) is 22.3 Å². The van der Waals surface area contributed by atoms with Crippen molar-refractivity contribution in [3.8, 4) is 0 Å². The van der Waals surface area contributed by atoms with E-state index < -0.39 is 6.04 Å². The van der Waals surface area contributed by atoms with Crippen molar-refractivity contribution >= 4 is 63.7 Å². The largest absolute Gasteiger partial charge is 0.332 e. The number of rotatable bonds is 6. The van der Waals surface area contributed by atoms with Crippen LogP contribution in [0.1, 0.15) is 12.0 Å². The molecule has 0 aromatic heterocycles. The van der Waals surface area contributed by atoms with Crippen LogP contribution >= 0.6 is 35.4 Å². The summed E-state index contributed by atoms with van der Waals surface area (Å²) in [6.07, 6.45) is -0.0431. The number of halogens is 2. The van der Waals surface area contributed by atoms with Crippen molar-refractivity contribution in [1.82, 2.24) is 4.90 Å². The topological polar surface area (TPSA) is 52.7 Å². The van der Waals surface area contributed by atoms with E-state index in [1.165, 1.54) is 4.90 Å². The average Bonchev–Trinajstić information content (AvgIpc) is 3.01. The van der Waals surface area contributed by atoms with E-state index >= 15 is 0 Å². The fraction of sp³-hybridized carbons (Fsp3) is 0.125. The van der Waals surface area contributed by atoms with E-state index in [0.717, 1.165) is 5.56 Å². The minimum atomic E-state index is -0.731. The minimum Gasteiger partial charge on any atom is -0.332 e. The second kappa shape index (κ2) is 9.69. The number of nitrogens with one attached hydrogen (secondary N) is 1. The lowest BCUT2D eigenvalue weighted by atomic mass is 10.1. The Labute approximate surface area is 201 Å². The van der Waals surface area contributed by atoms with Crippen LogP contribution in [0.3, 0.4) is 0 Å². The summed E-state index contributed by atoms with van der Waals surface area (Å²) in [5, 5.41) is 4.31. The lowest BCUT2D eigenvalue weighted by Gasteiger charge is -2.24. The molecular formula is C24H19Cl2N3O2S. The zero-order valence-corrected chi connectivity index (χ0v) is 19.2. The molecule has 1 N–H and O–H groups in total. The van der Waals surface area contributed by atoms with E-state index in [4.69, 9.17) is 35.4 Å². The normalized spacial score (nSPS) is 15.9. The smallest absolute Gasteiger partial charge is 0.256 e. The molecular weight excluding hydrogens is 465 g/mol. The molecule has 4 rings (SSSR count). The van der Waals surface area contributed by atoms with Crippen LogP contribution in [0.4, 0.5) is 11.4 Å². The highest BCUT2D eigenvalue weighted by Crippen LogP contribution is 2.29. The van der Waals surface area contributed by atoms with Crippen molar-refractivity contribution < 1.29 is 9.59 Å². The molecule has 0 spiro atoms. The fourth-order valence-electron chi connectivity index (χ4n) is 3.54. The van der Waals surface area contributed by atoms with Gasteiger partial charge in [-0.2, -0.15) is 0 Å². The van der Waals surface area contributed by atoms with E-state index in [1.807, 2.05) is 30.3 Å². The van der Waals surface area contributed by atoms with E-state index in [9.17, 15) is 9.59 Å². The monoisotopic (exact) mass is 483 g/mol. The SMILES string of the molecule is O=C(CC1C(=O)N(c2ccc(Cl)cc2)C(=S)N1Cc1ccccc1)Nc1ccc(Cl)cc1. The molecule has 2 amide bonds. The van der Waals surface area contributed by atoms with E-state index in [1.54, 1.807) is 53.4 Å². The van der Waals surface area contributed by atoms with Crippen molar-refractivity contribution in [3.05, 3.63) is 94.5 Å². The highest BCUT2D eigenvalue weighted by Gasteiger charge is 2.44. The van der Waals surface area contributed by atoms with Crippen molar-refractivity contribution in [3.63, 3.8) is 0 Å². The maximum Gasteiger partial charge on any atom is 0.256 e. The Morgan fingerprint density at radius 2 is 1.50 bits per heavy atom. The molecule has 0 bridgehead atoms. The number of hydrogen-bond acceptors (Lipinski definition) is 3. The number of carbonyl (C=O) groups is 2. The van der Waals surface area contributed by atoms with Crippen molar-refractivity contribution in [1.29, 1.82) is 0 Å². The summed E-state index contributed by atoms with van der Waals surface area (Å²) in [5.41, 5.74) is 2.21. The molecule has 1 atom stereocenters. The van der Waals surface area contributed by atoms with Crippen LogP contribution in [0, 0.1) is 0 Å². The van der Waals surface area contributed by atoms with Gasteiger partial charge in [0.1, 0.15) is 6.04 Å². The second-order valence-electron chi connectivity index (χ2n) is 7.32. The molecule has 1 saturated heterocycles. The maximum atomic E-state index is 13.4. The van der Waals surface area contributed by atoms with Crippen LogP contribution in [-0.2, 0) is 16.1 Å².